The maximum Gasteiger partial charge on any atom is 0.307 e. The van der Waals surface area contributed by atoms with Crippen LogP contribution in [0.25, 0.3) is 10.2 Å². The van der Waals surface area contributed by atoms with Gasteiger partial charge in [0, 0.05) is 6.54 Å². The number of unbranched alkanes of at least 4 members (excludes halogenated alkanes) is 12. The van der Waals surface area contributed by atoms with Gasteiger partial charge in [0.1, 0.15) is 0 Å². The third-order valence-corrected chi connectivity index (χ3v) is 7.05. The van der Waals surface area contributed by atoms with Crippen LogP contribution in [0.4, 0.5) is 0 Å². The van der Waals surface area contributed by atoms with Gasteiger partial charge >= 0.3 is 5.97 Å². The van der Waals surface area contributed by atoms with Gasteiger partial charge in [-0.25, -0.2) is 0 Å². The van der Waals surface area contributed by atoms with E-state index >= 15 is 0 Å². The number of carbonyl (C=O) groups is 1. The summed E-state index contributed by atoms with van der Waals surface area (Å²) in [6.07, 6.45) is 17.6. The molecule has 0 saturated carbocycles. The standard InChI is InChI=1S/C25H39NO2S2/c1-2-3-4-5-6-7-8-9-10-11-12-13-16-21-28-24(27)19-20-26-22-17-14-15-18-23(22)30-25(26)29/h14-15,17-18H,2-13,16,19-21H2,1H3. The Bertz CT molecular complexity index is 781. The van der Waals surface area contributed by atoms with Gasteiger partial charge in [-0.2, -0.15) is 0 Å². The van der Waals surface area contributed by atoms with Crippen molar-refractivity contribution in [3.05, 3.63) is 28.2 Å². The van der Waals surface area contributed by atoms with Crippen molar-refractivity contribution in [3.8, 4) is 0 Å². The minimum Gasteiger partial charge on any atom is -0.466 e. The Kier molecular flexibility index (Phi) is 13.0. The number of hydrogen-bond donors (Lipinski definition) is 0. The predicted octanol–water partition coefficient (Wildman–Crippen LogP) is 8.46. The van der Waals surface area contributed by atoms with E-state index in [1.165, 1.54) is 75.3 Å². The summed E-state index contributed by atoms with van der Waals surface area (Å²) in [7, 11) is 0. The normalized spacial score (nSPS) is 11.2. The molecular weight excluding hydrogens is 410 g/mol. The number of nitrogens with zero attached hydrogens (tertiary/aromatic N) is 1. The first-order chi connectivity index (χ1) is 14.7. The largest absolute Gasteiger partial charge is 0.466 e. The van der Waals surface area contributed by atoms with Crippen molar-refractivity contribution in [1.29, 1.82) is 0 Å². The molecule has 2 aromatic rings. The Morgan fingerprint density at radius 2 is 1.47 bits per heavy atom. The summed E-state index contributed by atoms with van der Waals surface area (Å²) in [5.74, 6) is -0.119. The lowest BCUT2D eigenvalue weighted by atomic mass is 10.0. The molecular formula is C25H39NO2S2. The fraction of sp³-hybridized carbons (Fsp3) is 0.680. The lowest BCUT2D eigenvalue weighted by Gasteiger charge is -2.07. The second kappa shape index (κ2) is 15.6. The SMILES string of the molecule is CCCCCCCCCCCCCCCOC(=O)CCn1c(=S)sc2ccccc21. The third kappa shape index (κ3) is 9.74. The molecule has 0 amide bonds. The number of aryl methyl sites for hydroxylation is 1. The number of fused-ring (bicyclic) bond motifs is 1. The fourth-order valence-electron chi connectivity index (χ4n) is 3.81. The highest BCUT2D eigenvalue weighted by molar-refractivity contribution is 7.73. The summed E-state index contributed by atoms with van der Waals surface area (Å²) in [5.41, 5.74) is 1.11. The van der Waals surface area contributed by atoms with E-state index in [-0.39, 0.29) is 5.97 Å². The van der Waals surface area contributed by atoms with Gasteiger partial charge < -0.3 is 9.30 Å². The summed E-state index contributed by atoms with van der Waals surface area (Å²) in [6.45, 7) is 3.42. The first-order valence-corrected chi connectivity index (χ1v) is 13.2. The van der Waals surface area contributed by atoms with Crippen LogP contribution in [0.15, 0.2) is 24.3 Å². The summed E-state index contributed by atoms with van der Waals surface area (Å²) < 4.78 is 9.44. The Morgan fingerprint density at radius 1 is 0.900 bits per heavy atom. The molecule has 30 heavy (non-hydrogen) atoms. The van der Waals surface area contributed by atoms with E-state index in [1.807, 2.05) is 16.7 Å². The average Bonchev–Trinajstić information content (AvgIpc) is 3.07. The first kappa shape index (κ1) is 25.1. The van der Waals surface area contributed by atoms with Gasteiger partial charge in [-0.15, -0.1) is 11.3 Å². The molecule has 0 aliphatic rings. The maximum atomic E-state index is 12.0. The van der Waals surface area contributed by atoms with E-state index in [2.05, 4.69) is 19.1 Å². The molecule has 0 fully saturated rings. The molecule has 3 nitrogen and oxygen atoms in total. The molecule has 0 aliphatic carbocycles. The fourth-order valence-corrected chi connectivity index (χ4v) is 5.18. The van der Waals surface area contributed by atoms with E-state index < -0.39 is 0 Å². The summed E-state index contributed by atoms with van der Waals surface area (Å²) in [6, 6.07) is 8.15. The zero-order valence-corrected chi connectivity index (χ0v) is 20.3. The molecule has 0 bridgehead atoms. The second-order valence-corrected chi connectivity index (χ2v) is 9.88. The second-order valence-electron chi connectivity index (χ2n) is 8.20. The third-order valence-electron chi connectivity index (χ3n) is 5.62. The van der Waals surface area contributed by atoms with Crippen molar-refractivity contribution in [2.75, 3.05) is 6.61 Å². The molecule has 0 saturated heterocycles. The average molecular weight is 450 g/mol. The monoisotopic (exact) mass is 449 g/mol. The van der Waals surface area contributed by atoms with Gasteiger partial charge in [-0.05, 0) is 30.8 Å². The molecule has 1 aromatic carbocycles. The van der Waals surface area contributed by atoms with Crippen molar-refractivity contribution < 1.29 is 9.53 Å². The number of benzene rings is 1. The topological polar surface area (TPSA) is 31.2 Å². The van der Waals surface area contributed by atoms with Crippen LogP contribution in [0.5, 0.6) is 0 Å². The molecule has 1 heterocycles. The number of hydrogen-bond acceptors (Lipinski definition) is 4. The van der Waals surface area contributed by atoms with Gasteiger partial charge in [0.2, 0.25) is 0 Å². The van der Waals surface area contributed by atoms with E-state index in [0.717, 1.165) is 22.3 Å². The van der Waals surface area contributed by atoms with Crippen LogP contribution in [-0.2, 0) is 16.1 Å². The van der Waals surface area contributed by atoms with Crippen molar-refractivity contribution in [2.24, 2.45) is 0 Å². The van der Waals surface area contributed by atoms with Crippen LogP contribution in [0.2, 0.25) is 0 Å². The number of rotatable bonds is 17. The van der Waals surface area contributed by atoms with E-state index in [0.29, 0.717) is 19.6 Å². The lowest BCUT2D eigenvalue weighted by molar-refractivity contribution is -0.144. The number of carbonyl (C=O) groups excluding carboxylic acids is 1. The highest BCUT2D eigenvalue weighted by atomic mass is 32.1. The summed E-state index contributed by atoms with van der Waals surface area (Å²) in [4.78, 5) is 12.0. The maximum absolute atomic E-state index is 12.0. The van der Waals surface area contributed by atoms with Crippen LogP contribution in [0.3, 0.4) is 0 Å². The number of esters is 1. The van der Waals surface area contributed by atoms with Gasteiger partial charge in [0.25, 0.3) is 0 Å². The molecule has 5 heteroatoms. The number of thiazole rings is 1. The Balaban J connectivity index is 1.42. The molecule has 2 rings (SSSR count). The van der Waals surface area contributed by atoms with E-state index in [9.17, 15) is 4.79 Å². The van der Waals surface area contributed by atoms with Crippen molar-refractivity contribution >= 4 is 39.7 Å². The Morgan fingerprint density at radius 3 is 2.10 bits per heavy atom. The Hall–Kier alpha value is -1.20. The molecule has 1 aromatic heterocycles. The molecule has 0 unspecified atom stereocenters. The molecule has 0 aliphatic heterocycles. The van der Waals surface area contributed by atoms with Crippen LogP contribution < -0.4 is 0 Å². The molecule has 0 spiro atoms. The zero-order chi connectivity index (χ0) is 21.4. The minimum absolute atomic E-state index is 0.119. The van der Waals surface area contributed by atoms with Crippen molar-refractivity contribution in [3.63, 3.8) is 0 Å². The first-order valence-electron chi connectivity index (χ1n) is 12.0. The van der Waals surface area contributed by atoms with Gasteiger partial charge in [0.05, 0.1) is 23.2 Å². The minimum atomic E-state index is -0.119. The molecule has 168 valence electrons. The van der Waals surface area contributed by atoms with Gasteiger partial charge in [-0.3, -0.25) is 4.79 Å². The van der Waals surface area contributed by atoms with Gasteiger partial charge in [-0.1, -0.05) is 96.1 Å². The predicted molar refractivity (Wildman–Crippen MR) is 132 cm³/mol. The molecule has 0 atom stereocenters. The molecule has 0 N–H and O–H groups in total. The van der Waals surface area contributed by atoms with Crippen LogP contribution in [0, 0.1) is 3.95 Å². The van der Waals surface area contributed by atoms with Gasteiger partial charge in [0.15, 0.2) is 3.95 Å². The van der Waals surface area contributed by atoms with Crippen LogP contribution >= 0.6 is 23.6 Å². The van der Waals surface area contributed by atoms with Crippen LogP contribution in [0.1, 0.15) is 96.8 Å². The highest BCUT2D eigenvalue weighted by Gasteiger charge is 2.08. The highest BCUT2D eigenvalue weighted by Crippen LogP contribution is 2.23. The lowest BCUT2D eigenvalue weighted by Crippen LogP contribution is -2.10. The smallest absolute Gasteiger partial charge is 0.307 e. The number of aromatic nitrogens is 1. The van der Waals surface area contributed by atoms with E-state index in [4.69, 9.17) is 17.0 Å². The van der Waals surface area contributed by atoms with E-state index in [1.54, 1.807) is 11.3 Å². The number of ether oxygens (including phenoxy) is 1. The zero-order valence-electron chi connectivity index (χ0n) is 18.7. The quantitative estimate of drug-likeness (QED) is 0.138. The molecule has 0 radical (unpaired) electrons. The summed E-state index contributed by atoms with van der Waals surface area (Å²) >= 11 is 7.03. The number of para-hydroxylation sites is 1. The summed E-state index contributed by atoms with van der Waals surface area (Å²) in [5, 5.41) is 0. The van der Waals surface area contributed by atoms with Crippen molar-refractivity contribution in [2.45, 2.75) is 103 Å². The van der Waals surface area contributed by atoms with Crippen LogP contribution in [-0.4, -0.2) is 17.1 Å². The van der Waals surface area contributed by atoms with Crippen molar-refractivity contribution in [1.82, 2.24) is 4.57 Å². The Labute approximate surface area is 191 Å².